The summed E-state index contributed by atoms with van der Waals surface area (Å²) in [6.45, 7) is 0.919. The minimum Gasteiger partial charge on any atom is -0.481 e. The Labute approximate surface area is 102 Å². The molecule has 2 aliphatic rings. The zero-order chi connectivity index (χ0) is 12.5. The van der Waals surface area contributed by atoms with Crippen molar-refractivity contribution in [2.75, 3.05) is 18.1 Å². The lowest BCUT2D eigenvalue weighted by Crippen LogP contribution is -2.44. The van der Waals surface area contributed by atoms with Gasteiger partial charge in [0.25, 0.3) is 0 Å². The molecule has 1 N–H and O–H groups in total. The molecule has 1 atom stereocenters. The first-order valence-corrected chi connectivity index (χ1v) is 7.98. The Morgan fingerprint density at radius 1 is 1.24 bits per heavy atom. The molecule has 98 valence electrons. The zero-order valence-electron chi connectivity index (χ0n) is 9.84. The van der Waals surface area contributed by atoms with Gasteiger partial charge in [-0.05, 0) is 32.2 Å². The normalized spacial score (nSPS) is 30.5. The van der Waals surface area contributed by atoms with Crippen molar-refractivity contribution < 1.29 is 18.3 Å². The van der Waals surface area contributed by atoms with Gasteiger partial charge in [0.1, 0.15) is 9.84 Å². The first-order chi connectivity index (χ1) is 7.98. The summed E-state index contributed by atoms with van der Waals surface area (Å²) in [5.41, 5.74) is 0. The summed E-state index contributed by atoms with van der Waals surface area (Å²) in [6, 6.07) is 0.378. The number of likely N-dealkylation sites (tertiary alicyclic amines) is 1. The van der Waals surface area contributed by atoms with Crippen LogP contribution in [0.1, 0.15) is 32.1 Å². The van der Waals surface area contributed by atoms with Gasteiger partial charge in [-0.1, -0.05) is 0 Å². The molecule has 2 rings (SSSR count). The first-order valence-electron chi connectivity index (χ1n) is 6.16. The fourth-order valence-electron chi connectivity index (χ4n) is 2.97. The molecule has 0 saturated carbocycles. The van der Waals surface area contributed by atoms with E-state index in [1.165, 1.54) is 0 Å². The lowest BCUT2D eigenvalue weighted by Gasteiger charge is -2.34. The number of aliphatic carboxylic acids is 1. The topological polar surface area (TPSA) is 74.7 Å². The number of hydrogen-bond donors (Lipinski definition) is 1. The van der Waals surface area contributed by atoms with E-state index < -0.39 is 15.8 Å². The van der Waals surface area contributed by atoms with E-state index in [0.29, 0.717) is 12.8 Å². The molecule has 0 spiro atoms. The van der Waals surface area contributed by atoms with Crippen molar-refractivity contribution >= 4 is 15.8 Å². The molecule has 0 aromatic rings. The van der Waals surface area contributed by atoms with E-state index in [-0.39, 0.29) is 30.0 Å². The largest absolute Gasteiger partial charge is 0.481 e. The lowest BCUT2D eigenvalue weighted by atomic mass is 10.1. The van der Waals surface area contributed by atoms with Gasteiger partial charge in [0.15, 0.2) is 0 Å². The van der Waals surface area contributed by atoms with Gasteiger partial charge in [-0.3, -0.25) is 9.69 Å². The molecule has 17 heavy (non-hydrogen) atoms. The smallest absolute Gasteiger partial charge is 0.304 e. The summed E-state index contributed by atoms with van der Waals surface area (Å²) in [7, 11) is -2.83. The highest BCUT2D eigenvalue weighted by molar-refractivity contribution is 7.91. The van der Waals surface area contributed by atoms with Crippen LogP contribution in [0, 0.1) is 0 Å². The lowest BCUT2D eigenvalue weighted by molar-refractivity contribution is -0.138. The summed E-state index contributed by atoms with van der Waals surface area (Å²) in [4.78, 5) is 13.0. The van der Waals surface area contributed by atoms with Crippen LogP contribution >= 0.6 is 0 Å². The SMILES string of the molecule is O=C(O)CC1CCCN1C1CCS(=O)(=O)CC1. The summed E-state index contributed by atoms with van der Waals surface area (Å²) >= 11 is 0. The molecule has 0 aromatic heterocycles. The van der Waals surface area contributed by atoms with Crippen LogP contribution in [0.15, 0.2) is 0 Å². The number of carboxylic acid groups (broad SMARTS) is 1. The number of nitrogens with zero attached hydrogens (tertiary/aromatic N) is 1. The predicted octanol–water partition coefficient (Wildman–Crippen LogP) is 0.503. The van der Waals surface area contributed by atoms with Crippen LogP contribution in [-0.2, 0) is 14.6 Å². The minimum atomic E-state index is -2.83. The van der Waals surface area contributed by atoms with E-state index in [1.54, 1.807) is 0 Å². The number of carboxylic acids is 1. The summed E-state index contributed by atoms with van der Waals surface area (Å²) in [5.74, 6) is -0.243. The van der Waals surface area contributed by atoms with Crippen LogP contribution in [0.4, 0.5) is 0 Å². The van der Waals surface area contributed by atoms with E-state index >= 15 is 0 Å². The van der Waals surface area contributed by atoms with Gasteiger partial charge in [-0.15, -0.1) is 0 Å². The number of carbonyl (C=O) groups is 1. The molecule has 2 heterocycles. The molecule has 2 aliphatic heterocycles. The molecular weight excluding hydrogens is 242 g/mol. The maximum absolute atomic E-state index is 11.4. The van der Waals surface area contributed by atoms with Crippen molar-refractivity contribution in [2.24, 2.45) is 0 Å². The molecule has 0 aromatic carbocycles. The van der Waals surface area contributed by atoms with Crippen molar-refractivity contribution in [3.63, 3.8) is 0 Å². The quantitative estimate of drug-likeness (QED) is 0.801. The van der Waals surface area contributed by atoms with Gasteiger partial charge in [-0.2, -0.15) is 0 Å². The summed E-state index contributed by atoms with van der Waals surface area (Å²) < 4.78 is 22.7. The van der Waals surface area contributed by atoms with Crippen LogP contribution in [0.2, 0.25) is 0 Å². The highest BCUT2D eigenvalue weighted by Crippen LogP contribution is 2.28. The second-order valence-corrected chi connectivity index (χ2v) is 7.32. The van der Waals surface area contributed by atoms with Crippen LogP contribution in [0.5, 0.6) is 0 Å². The molecule has 6 heteroatoms. The Morgan fingerprint density at radius 3 is 2.47 bits per heavy atom. The molecule has 5 nitrogen and oxygen atoms in total. The van der Waals surface area contributed by atoms with Gasteiger partial charge >= 0.3 is 5.97 Å². The third kappa shape index (κ3) is 3.19. The van der Waals surface area contributed by atoms with Crippen LogP contribution in [-0.4, -0.2) is 54.5 Å². The maximum atomic E-state index is 11.4. The van der Waals surface area contributed by atoms with Gasteiger partial charge < -0.3 is 5.11 Å². The Kier molecular flexibility index (Phi) is 3.73. The highest BCUT2D eigenvalue weighted by atomic mass is 32.2. The van der Waals surface area contributed by atoms with Crippen molar-refractivity contribution in [1.29, 1.82) is 0 Å². The van der Waals surface area contributed by atoms with E-state index in [0.717, 1.165) is 19.4 Å². The number of rotatable bonds is 3. The second-order valence-electron chi connectivity index (χ2n) is 5.01. The van der Waals surface area contributed by atoms with Gasteiger partial charge in [0.2, 0.25) is 0 Å². The molecule has 1 unspecified atom stereocenters. The van der Waals surface area contributed by atoms with E-state index in [1.807, 2.05) is 0 Å². The van der Waals surface area contributed by atoms with Crippen molar-refractivity contribution in [3.8, 4) is 0 Å². The summed E-state index contributed by atoms with van der Waals surface area (Å²) in [5, 5.41) is 8.85. The molecule has 0 bridgehead atoms. The first kappa shape index (κ1) is 12.8. The van der Waals surface area contributed by atoms with Gasteiger partial charge in [0, 0.05) is 12.1 Å². The fraction of sp³-hybridized carbons (Fsp3) is 0.909. The Hall–Kier alpha value is -0.620. The Balaban J connectivity index is 1.95. The third-order valence-electron chi connectivity index (χ3n) is 3.83. The molecular formula is C11H19NO4S. The van der Waals surface area contributed by atoms with Gasteiger partial charge in [-0.25, -0.2) is 8.42 Å². The maximum Gasteiger partial charge on any atom is 0.304 e. The molecule has 2 fully saturated rings. The molecule has 0 amide bonds. The van der Waals surface area contributed by atoms with Crippen LogP contribution in [0.25, 0.3) is 0 Å². The number of hydrogen-bond acceptors (Lipinski definition) is 4. The average Bonchev–Trinajstić information content (AvgIpc) is 2.65. The predicted molar refractivity (Wildman–Crippen MR) is 63.7 cm³/mol. The Bertz CT molecular complexity index is 378. The van der Waals surface area contributed by atoms with Crippen molar-refractivity contribution in [1.82, 2.24) is 4.90 Å². The third-order valence-corrected chi connectivity index (χ3v) is 5.54. The standard InChI is InChI=1S/C11H19NO4S/c13-11(14)8-10-2-1-5-12(10)9-3-6-17(15,16)7-4-9/h9-10H,1-8H2,(H,13,14). The molecule has 0 radical (unpaired) electrons. The van der Waals surface area contributed by atoms with Crippen molar-refractivity contribution in [3.05, 3.63) is 0 Å². The van der Waals surface area contributed by atoms with E-state index in [9.17, 15) is 13.2 Å². The minimum absolute atomic E-state index is 0.110. The highest BCUT2D eigenvalue weighted by Gasteiger charge is 2.35. The molecule has 2 saturated heterocycles. The monoisotopic (exact) mass is 261 g/mol. The zero-order valence-corrected chi connectivity index (χ0v) is 10.7. The van der Waals surface area contributed by atoms with Crippen LogP contribution < -0.4 is 0 Å². The number of sulfone groups is 1. The van der Waals surface area contributed by atoms with Gasteiger partial charge in [0.05, 0.1) is 17.9 Å². The molecule has 0 aliphatic carbocycles. The van der Waals surface area contributed by atoms with Crippen molar-refractivity contribution in [2.45, 2.75) is 44.2 Å². The van der Waals surface area contributed by atoms with E-state index in [4.69, 9.17) is 5.11 Å². The fourth-order valence-corrected chi connectivity index (χ4v) is 4.44. The average molecular weight is 261 g/mol. The summed E-state index contributed by atoms with van der Waals surface area (Å²) in [6.07, 6.45) is 3.47. The van der Waals surface area contributed by atoms with Crippen LogP contribution in [0.3, 0.4) is 0 Å². The van der Waals surface area contributed by atoms with E-state index in [2.05, 4.69) is 4.90 Å². The Morgan fingerprint density at radius 2 is 1.88 bits per heavy atom. The second kappa shape index (κ2) is 4.94.